The summed E-state index contributed by atoms with van der Waals surface area (Å²) in [6, 6.07) is 0. The monoisotopic (exact) mass is 243 g/mol. The van der Waals surface area contributed by atoms with Crippen molar-refractivity contribution in [1.29, 1.82) is 0 Å². The van der Waals surface area contributed by atoms with E-state index in [0.29, 0.717) is 13.1 Å². The van der Waals surface area contributed by atoms with E-state index in [1.165, 1.54) is 0 Å². The van der Waals surface area contributed by atoms with Crippen molar-refractivity contribution in [2.24, 2.45) is 0 Å². The molecule has 0 aliphatic carbocycles. The maximum absolute atomic E-state index is 11.3. The third kappa shape index (κ3) is 5.65. The number of amides is 2. The average molecular weight is 243 g/mol. The number of nitrogens with one attached hydrogen (secondary N) is 2. The van der Waals surface area contributed by atoms with Gasteiger partial charge in [0, 0.05) is 32.7 Å². The SMILES string of the molecule is CCCNC(=O)C(=O)NCCN1CCOCC1. The molecule has 0 bridgehead atoms. The first-order valence-corrected chi connectivity index (χ1v) is 6.10. The van der Waals surface area contributed by atoms with Crippen molar-refractivity contribution in [3.8, 4) is 0 Å². The zero-order valence-corrected chi connectivity index (χ0v) is 10.3. The largest absolute Gasteiger partial charge is 0.379 e. The van der Waals surface area contributed by atoms with Crippen LogP contribution in [0, 0.1) is 0 Å². The molecule has 0 aromatic heterocycles. The van der Waals surface area contributed by atoms with E-state index in [0.717, 1.165) is 39.3 Å². The summed E-state index contributed by atoms with van der Waals surface area (Å²) in [7, 11) is 0. The van der Waals surface area contributed by atoms with Gasteiger partial charge in [-0.3, -0.25) is 14.5 Å². The molecule has 98 valence electrons. The van der Waals surface area contributed by atoms with E-state index in [9.17, 15) is 9.59 Å². The van der Waals surface area contributed by atoms with Crippen LogP contribution in [0.2, 0.25) is 0 Å². The lowest BCUT2D eigenvalue weighted by atomic mass is 10.4. The smallest absolute Gasteiger partial charge is 0.309 e. The summed E-state index contributed by atoms with van der Waals surface area (Å²) < 4.78 is 5.22. The third-order valence-corrected chi connectivity index (χ3v) is 2.56. The Morgan fingerprint density at radius 3 is 2.29 bits per heavy atom. The second-order valence-electron chi connectivity index (χ2n) is 3.97. The molecule has 0 aromatic carbocycles. The molecule has 1 heterocycles. The summed E-state index contributed by atoms with van der Waals surface area (Å²) in [4.78, 5) is 24.8. The number of hydrogen-bond acceptors (Lipinski definition) is 4. The fourth-order valence-electron chi connectivity index (χ4n) is 1.55. The maximum Gasteiger partial charge on any atom is 0.309 e. The molecule has 1 fully saturated rings. The molecule has 6 heteroatoms. The van der Waals surface area contributed by atoms with Crippen molar-refractivity contribution in [3.63, 3.8) is 0 Å². The fourth-order valence-corrected chi connectivity index (χ4v) is 1.55. The number of nitrogens with zero attached hydrogens (tertiary/aromatic N) is 1. The first kappa shape index (κ1) is 13.9. The molecule has 1 rings (SSSR count). The molecule has 1 aliphatic rings. The second-order valence-corrected chi connectivity index (χ2v) is 3.97. The highest BCUT2D eigenvalue weighted by Crippen LogP contribution is 1.94. The van der Waals surface area contributed by atoms with Crippen LogP contribution in [0.25, 0.3) is 0 Å². The van der Waals surface area contributed by atoms with Gasteiger partial charge in [0.05, 0.1) is 13.2 Å². The van der Waals surface area contributed by atoms with Crippen molar-refractivity contribution in [2.45, 2.75) is 13.3 Å². The van der Waals surface area contributed by atoms with Crippen molar-refractivity contribution in [1.82, 2.24) is 15.5 Å². The lowest BCUT2D eigenvalue weighted by Gasteiger charge is -2.26. The topological polar surface area (TPSA) is 70.7 Å². The van der Waals surface area contributed by atoms with Crippen molar-refractivity contribution < 1.29 is 14.3 Å². The van der Waals surface area contributed by atoms with Gasteiger partial charge in [0.25, 0.3) is 0 Å². The van der Waals surface area contributed by atoms with E-state index in [1.54, 1.807) is 0 Å². The number of rotatable bonds is 5. The average Bonchev–Trinajstić information content (AvgIpc) is 2.37. The Bertz CT molecular complexity index is 252. The van der Waals surface area contributed by atoms with Gasteiger partial charge >= 0.3 is 11.8 Å². The van der Waals surface area contributed by atoms with E-state index < -0.39 is 11.8 Å². The van der Waals surface area contributed by atoms with Gasteiger partial charge in [-0.1, -0.05) is 6.92 Å². The van der Waals surface area contributed by atoms with E-state index in [-0.39, 0.29) is 0 Å². The highest BCUT2D eigenvalue weighted by atomic mass is 16.5. The molecule has 0 atom stereocenters. The summed E-state index contributed by atoms with van der Waals surface area (Å²) in [5.41, 5.74) is 0. The van der Waals surface area contributed by atoms with Gasteiger partial charge in [-0.2, -0.15) is 0 Å². The zero-order valence-electron chi connectivity index (χ0n) is 10.3. The van der Waals surface area contributed by atoms with E-state index in [1.807, 2.05) is 6.92 Å². The number of carbonyl (C=O) groups excluding carboxylic acids is 2. The molecular formula is C11H21N3O3. The van der Waals surface area contributed by atoms with Gasteiger partial charge in [0.1, 0.15) is 0 Å². The summed E-state index contributed by atoms with van der Waals surface area (Å²) in [6.07, 6.45) is 0.826. The van der Waals surface area contributed by atoms with Crippen LogP contribution in [0.1, 0.15) is 13.3 Å². The van der Waals surface area contributed by atoms with Gasteiger partial charge < -0.3 is 15.4 Å². The molecule has 2 amide bonds. The lowest BCUT2D eigenvalue weighted by Crippen LogP contribution is -2.45. The van der Waals surface area contributed by atoms with Gasteiger partial charge in [-0.05, 0) is 6.42 Å². The molecule has 0 unspecified atom stereocenters. The maximum atomic E-state index is 11.3. The van der Waals surface area contributed by atoms with Crippen LogP contribution in [0.3, 0.4) is 0 Å². The van der Waals surface area contributed by atoms with Gasteiger partial charge in [-0.15, -0.1) is 0 Å². The Labute approximate surface area is 102 Å². The van der Waals surface area contributed by atoms with E-state index in [2.05, 4.69) is 15.5 Å². The number of ether oxygens (including phenoxy) is 1. The Morgan fingerprint density at radius 2 is 1.71 bits per heavy atom. The lowest BCUT2D eigenvalue weighted by molar-refractivity contribution is -0.139. The van der Waals surface area contributed by atoms with E-state index >= 15 is 0 Å². The van der Waals surface area contributed by atoms with Gasteiger partial charge in [0.2, 0.25) is 0 Å². The highest BCUT2D eigenvalue weighted by Gasteiger charge is 2.13. The molecule has 6 nitrogen and oxygen atoms in total. The predicted octanol–water partition coefficient (Wildman–Crippen LogP) is -1.04. The fraction of sp³-hybridized carbons (Fsp3) is 0.818. The minimum Gasteiger partial charge on any atom is -0.379 e. The molecule has 2 N–H and O–H groups in total. The molecule has 0 aromatic rings. The van der Waals surface area contributed by atoms with Crippen LogP contribution >= 0.6 is 0 Å². The van der Waals surface area contributed by atoms with Crippen LogP contribution in [-0.2, 0) is 14.3 Å². The van der Waals surface area contributed by atoms with Crippen LogP contribution in [-0.4, -0.2) is 62.7 Å². The third-order valence-electron chi connectivity index (χ3n) is 2.56. The van der Waals surface area contributed by atoms with Crippen molar-refractivity contribution in [3.05, 3.63) is 0 Å². The Morgan fingerprint density at radius 1 is 1.12 bits per heavy atom. The number of carbonyl (C=O) groups is 2. The molecule has 0 spiro atoms. The number of hydrogen-bond donors (Lipinski definition) is 2. The highest BCUT2D eigenvalue weighted by molar-refractivity contribution is 6.35. The molecular weight excluding hydrogens is 222 g/mol. The van der Waals surface area contributed by atoms with Crippen molar-refractivity contribution >= 4 is 11.8 Å². The summed E-state index contributed by atoms with van der Waals surface area (Å²) in [6.45, 7) is 6.99. The predicted molar refractivity (Wildman–Crippen MR) is 63.6 cm³/mol. The van der Waals surface area contributed by atoms with Crippen LogP contribution in [0.4, 0.5) is 0 Å². The van der Waals surface area contributed by atoms with Crippen LogP contribution in [0.15, 0.2) is 0 Å². The number of morpholine rings is 1. The summed E-state index contributed by atoms with van der Waals surface area (Å²) in [5.74, 6) is -1.10. The van der Waals surface area contributed by atoms with Crippen molar-refractivity contribution in [2.75, 3.05) is 45.9 Å². The van der Waals surface area contributed by atoms with Crippen LogP contribution < -0.4 is 10.6 Å². The standard InChI is InChI=1S/C11H21N3O3/c1-2-3-12-10(15)11(16)13-4-5-14-6-8-17-9-7-14/h2-9H2,1H3,(H,12,15)(H,13,16). The van der Waals surface area contributed by atoms with E-state index in [4.69, 9.17) is 4.74 Å². The minimum atomic E-state index is -0.549. The Hall–Kier alpha value is -1.14. The molecule has 0 saturated carbocycles. The zero-order chi connectivity index (χ0) is 12.5. The quantitative estimate of drug-likeness (QED) is 0.605. The first-order valence-electron chi connectivity index (χ1n) is 6.10. The second kappa shape index (κ2) is 8.03. The molecule has 17 heavy (non-hydrogen) atoms. The first-order chi connectivity index (χ1) is 8.24. The summed E-state index contributed by atoms with van der Waals surface area (Å²) in [5, 5.41) is 5.14. The Kier molecular flexibility index (Phi) is 6.57. The molecule has 1 saturated heterocycles. The summed E-state index contributed by atoms with van der Waals surface area (Å²) >= 11 is 0. The van der Waals surface area contributed by atoms with Gasteiger partial charge in [-0.25, -0.2) is 0 Å². The van der Waals surface area contributed by atoms with Crippen LogP contribution in [0.5, 0.6) is 0 Å². The van der Waals surface area contributed by atoms with Gasteiger partial charge in [0.15, 0.2) is 0 Å². The molecule has 1 aliphatic heterocycles. The Balaban J connectivity index is 2.08. The molecule has 0 radical (unpaired) electrons. The minimum absolute atomic E-state index is 0.498. The normalized spacial score (nSPS) is 16.5.